The van der Waals surface area contributed by atoms with E-state index in [4.69, 9.17) is 5.11 Å². The van der Waals surface area contributed by atoms with Gasteiger partial charge >= 0.3 is 5.97 Å². The second kappa shape index (κ2) is 4.92. The molecule has 0 aliphatic heterocycles. The number of carboxylic acids is 1. The molecule has 2 aromatic rings. The van der Waals surface area contributed by atoms with Gasteiger partial charge in [-0.25, -0.2) is 4.79 Å². The van der Waals surface area contributed by atoms with Crippen molar-refractivity contribution in [2.75, 3.05) is 5.32 Å². The predicted molar refractivity (Wildman–Crippen MR) is 72.6 cm³/mol. The van der Waals surface area contributed by atoms with E-state index < -0.39 is 5.97 Å². The third-order valence-electron chi connectivity index (χ3n) is 2.77. The van der Waals surface area contributed by atoms with Gasteiger partial charge in [0.15, 0.2) is 0 Å². The summed E-state index contributed by atoms with van der Waals surface area (Å²) >= 11 is 0. The van der Waals surface area contributed by atoms with E-state index in [9.17, 15) is 4.79 Å². The Balaban J connectivity index is 2.28. The van der Waals surface area contributed by atoms with Crippen molar-refractivity contribution in [2.45, 2.75) is 13.8 Å². The number of carboxylic acid groups (broad SMARTS) is 1. The zero-order valence-electron chi connectivity index (χ0n) is 10.4. The minimum Gasteiger partial charge on any atom is -0.478 e. The molecule has 0 saturated carbocycles. The summed E-state index contributed by atoms with van der Waals surface area (Å²) in [6, 6.07) is 12.9. The lowest BCUT2D eigenvalue weighted by Gasteiger charge is -2.10. The summed E-state index contributed by atoms with van der Waals surface area (Å²) in [5, 5.41) is 12.2. The Hall–Kier alpha value is -2.29. The average molecular weight is 241 g/mol. The first-order valence-electron chi connectivity index (χ1n) is 5.74. The molecule has 0 aromatic heterocycles. The summed E-state index contributed by atoms with van der Waals surface area (Å²) in [7, 11) is 0. The highest BCUT2D eigenvalue weighted by atomic mass is 16.4. The summed E-state index contributed by atoms with van der Waals surface area (Å²) in [4.78, 5) is 10.9. The lowest BCUT2D eigenvalue weighted by molar-refractivity contribution is 0.0697. The number of carbonyl (C=O) groups is 1. The zero-order chi connectivity index (χ0) is 13.1. The number of nitrogens with one attached hydrogen (secondary N) is 1. The van der Waals surface area contributed by atoms with Crippen molar-refractivity contribution in [2.24, 2.45) is 0 Å². The Morgan fingerprint density at radius 1 is 1.11 bits per heavy atom. The van der Waals surface area contributed by atoms with Crippen molar-refractivity contribution in [1.29, 1.82) is 0 Å². The van der Waals surface area contributed by atoms with Gasteiger partial charge in [0.25, 0.3) is 0 Å². The van der Waals surface area contributed by atoms with Gasteiger partial charge < -0.3 is 10.4 Å². The van der Waals surface area contributed by atoms with Crippen LogP contribution in [0.1, 0.15) is 21.5 Å². The molecule has 3 nitrogen and oxygen atoms in total. The molecular weight excluding hydrogens is 226 g/mol. The molecule has 0 aliphatic carbocycles. The van der Waals surface area contributed by atoms with Gasteiger partial charge in [-0.05, 0) is 43.7 Å². The third-order valence-corrected chi connectivity index (χ3v) is 2.77. The first kappa shape index (κ1) is 12.2. The lowest BCUT2D eigenvalue weighted by Crippen LogP contribution is -1.98. The Kier molecular flexibility index (Phi) is 3.33. The first-order valence-corrected chi connectivity index (χ1v) is 5.74. The maximum Gasteiger partial charge on any atom is 0.335 e. The van der Waals surface area contributed by atoms with Crippen LogP contribution in [-0.4, -0.2) is 11.1 Å². The van der Waals surface area contributed by atoms with Crippen molar-refractivity contribution >= 4 is 17.3 Å². The molecule has 0 saturated heterocycles. The molecule has 0 aliphatic rings. The Labute approximate surface area is 106 Å². The van der Waals surface area contributed by atoms with E-state index in [0.717, 1.165) is 16.9 Å². The number of hydrogen-bond acceptors (Lipinski definition) is 2. The van der Waals surface area contributed by atoms with E-state index in [-0.39, 0.29) is 5.56 Å². The summed E-state index contributed by atoms with van der Waals surface area (Å²) in [6.45, 7) is 4.07. The Morgan fingerprint density at radius 3 is 2.56 bits per heavy atom. The van der Waals surface area contributed by atoms with E-state index in [1.807, 2.05) is 32.0 Å². The molecule has 0 fully saturated rings. The second-order valence-corrected chi connectivity index (χ2v) is 4.33. The Bertz CT molecular complexity index is 591. The summed E-state index contributed by atoms with van der Waals surface area (Å²) in [6.07, 6.45) is 0. The maximum absolute atomic E-state index is 10.9. The van der Waals surface area contributed by atoms with Crippen LogP contribution in [0.15, 0.2) is 42.5 Å². The van der Waals surface area contributed by atoms with Gasteiger partial charge in [0, 0.05) is 11.4 Å². The Morgan fingerprint density at radius 2 is 1.89 bits per heavy atom. The van der Waals surface area contributed by atoms with Crippen LogP contribution in [0.2, 0.25) is 0 Å². The van der Waals surface area contributed by atoms with Crippen LogP contribution < -0.4 is 5.32 Å². The first-order chi connectivity index (χ1) is 8.56. The molecule has 2 aromatic carbocycles. The smallest absolute Gasteiger partial charge is 0.335 e. The summed E-state index contributed by atoms with van der Waals surface area (Å²) < 4.78 is 0. The quantitative estimate of drug-likeness (QED) is 0.860. The number of anilines is 2. The van der Waals surface area contributed by atoms with E-state index in [2.05, 4.69) is 11.4 Å². The van der Waals surface area contributed by atoms with Crippen molar-refractivity contribution in [1.82, 2.24) is 0 Å². The molecule has 0 bridgehead atoms. The van der Waals surface area contributed by atoms with Gasteiger partial charge in [-0.2, -0.15) is 0 Å². The largest absolute Gasteiger partial charge is 0.478 e. The molecular formula is C15H15NO2. The highest BCUT2D eigenvalue weighted by Crippen LogP contribution is 2.22. The van der Waals surface area contributed by atoms with Gasteiger partial charge in [0.05, 0.1) is 5.56 Å². The number of rotatable bonds is 3. The normalized spacial score (nSPS) is 10.1. The van der Waals surface area contributed by atoms with Crippen LogP contribution in [-0.2, 0) is 0 Å². The summed E-state index contributed by atoms with van der Waals surface area (Å²) in [5.41, 5.74) is 4.39. The molecule has 0 atom stereocenters. The van der Waals surface area contributed by atoms with E-state index in [0.29, 0.717) is 0 Å². The van der Waals surface area contributed by atoms with Crippen LogP contribution in [0.3, 0.4) is 0 Å². The van der Waals surface area contributed by atoms with Crippen molar-refractivity contribution < 1.29 is 9.90 Å². The van der Waals surface area contributed by atoms with Gasteiger partial charge in [0.2, 0.25) is 0 Å². The third kappa shape index (κ3) is 2.69. The van der Waals surface area contributed by atoms with Crippen LogP contribution in [0, 0.1) is 13.8 Å². The molecule has 92 valence electrons. The van der Waals surface area contributed by atoms with Crippen molar-refractivity contribution in [3.63, 3.8) is 0 Å². The fourth-order valence-electron chi connectivity index (χ4n) is 1.84. The maximum atomic E-state index is 10.9. The van der Waals surface area contributed by atoms with Crippen LogP contribution in [0.5, 0.6) is 0 Å². The van der Waals surface area contributed by atoms with E-state index in [1.54, 1.807) is 18.2 Å². The van der Waals surface area contributed by atoms with Gasteiger partial charge in [-0.3, -0.25) is 0 Å². The molecule has 0 unspecified atom stereocenters. The lowest BCUT2D eigenvalue weighted by atomic mass is 10.1. The second-order valence-electron chi connectivity index (χ2n) is 4.33. The van der Waals surface area contributed by atoms with Gasteiger partial charge in [-0.15, -0.1) is 0 Å². The minimum atomic E-state index is -0.917. The summed E-state index contributed by atoms with van der Waals surface area (Å²) in [5.74, 6) is -0.917. The highest BCUT2D eigenvalue weighted by Gasteiger charge is 2.04. The number of hydrogen-bond donors (Lipinski definition) is 2. The van der Waals surface area contributed by atoms with Crippen molar-refractivity contribution in [3.05, 3.63) is 59.2 Å². The monoisotopic (exact) mass is 241 g/mol. The molecule has 3 heteroatoms. The molecule has 0 amide bonds. The predicted octanol–water partition coefficient (Wildman–Crippen LogP) is 3.75. The molecule has 2 rings (SSSR count). The molecule has 2 N–H and O–H groups in total. The molecule has 0 spiro atoms. The van der Waals surface area contributed by atoms with Crippen LogP contribution in [0.4, 0.5) is 11.4 Å². The van der Waals surface area contributed by atoms with Gasteiger partial charge in [-0.1, -0.05) is 23.8 Å². The fraction of sp³-hybridized carbons (Fsp3) is 0.133. The number of aromatic carboxylic acids is 1. The van der Waals surface area contributed by atoms with Crippen LogP contribution in [0.25, 0.3) is 0 Å². The standard InChI is InChI=1S/C15H15NO2/c1-10-6-7-14(11(2)8-10)16-13-5-3-4-12(9-13)15(17)18/h3-9,16H,1-2H3,(H,17,18). The van der Waals surface area contributed by atoms with Crippen molar-refractivity contribution in [3.8, 4) is 0 Å². The van der Waals surface area contributed by atoms with E-state index in [1.165, 1.54) is 5.56 Å². The topological polar surface area (TPSA) is 49.3 Å². The fourth-order valence-corrected chi connectivity index (χ4v) is 1.84. The SMILES string of the molecule is Cc1ccc(Nc2cccc(C(=O)O)c2)c(C)c1. The van der Waals surface area contributed by atoms with Gasteiger partial charge in [0.1, 0.15) is 0 Å². The van der Waals surface area contributed by atoms with Crippen LogP contribution >= 0.6 is 0 Å². The average Bonchev–Trinajstić information content (AvgIpc) is 2.33. The zero-order valence-corrected chi connectivity index (χ0v) is 10.4. The van der Waals surface area contributed by atoms with E-state index >= 15 is 0 Å². The molecule has 18 heavy (non-hydrogen) atoms. The molecule has 0 heterocycles. The number of benzene rings is 2. The molecule has 0 radical (unpaired) electrons. The highest BCUT2D eigenvalue weighted by molar-refractivity contribution is 5.89. The minimum absolute atomic E-state index is 0.282. The number of aryl methyl sites for hydroxylation is 2.